The Hall–Kier alpha value is -0.726. The molecule has 0 aromatic heterocycles. The topological polar surface area (TPSA) is 38.7 Å². The Kier molecular flexibility index (Phi) is 10.7. The van der Waals surface area contributed by atoms with Crippen LogP contribution in [-0.4, -0.2) is 40.1 Å². The molecule has 44 heavy (non-hydrogen) atoms. The summed E-state index contributed by atoms with van der Waals surface area (Å²) in [5, 5.41) is 10.8. The second-order valence-electron chi connectivity index (χ2n) is 18.4. The molecule has 6 unspecified atom stereocenters. The smallest absolute Gasteiger partial charge is 0.192 e. The van der Waals surface area contributed by atoms with Crippen molar-refractivity contribution in [3.63, 3.8) is 0 Å². The molecule has 0 aromatic carbocycles. The minimum absolute atomic E-state index is 0.0233. The lowest BCUT2D eigenvalue weighted by Gasteiger charge is -2.45. The first-order valence-electron chi connectivity index (χ1n) is 18.0. The lowest BCUT2D eigenvalue weighted by molar-refractivity contribution is 0.0969. The van der Waals surface area contributed by atoms with Gasteiger partial charge in [0, 0.05) is 6.42 Å². The van der Waals surface area contributed by atoms with Crippen LogP contribution in [0.5, 0.6) is 0 Å². The Morgan fingerprint density at radius 3 is 2.11 bits per heavy atom. The molecule has 0 radical (unpaired) electrons. The Bertz CT molecular complexity index is 1130. The van der Waals surface area contributed by atoms with Gasteiger partial charge in [-0.2, -0.15) is 0 Å². The number of hydrogen-bond donors (Lipinski definition) is 1. The lowest BCUT2D eigenvalue weighted by atomic mass is 9.61. The van der Waals surface area contributed by atoms with E-state index in [0.29, 0.717) is 29.1 Å². The zero-order valence-corrected chi connectivity index (χ0v) is 32.7. The third kappa shape index (κ3) is 7.86. The van der Waals surface area contributed by atoms with Crippen molar-refractivity contribution in [1.82, 2.24) is 0 Å². The predicted octanol–water partition coefficient (Wildman–Crippen LogP) is 11.1. The summed E-state index contributed by atoms with van der Waals surface area (Å²) in [6.45, 7) is 33.2. The van der Waals surface area contributed by atoms with Crippen LogP contribution in [0, 0.1) is 29.1 Å². The van der Waals surface area contributed by atoms with Crippen LogP contribution in [0.15, 0.2) is 47.6 Å². The van der Waals surface area contributed by atoms with Crippen LogP contribution in [0.25, 0.3) is 0 Å². The number of allylic oxidation sites excluding steroid dienone is 4. The van der Waals surface area contributed by atoms with Crippen LogP contribution >= 0.6 is 0 Å². The maximum Gasteiger partial charge on any atom is 0.192 e. The summed E-state index contributed by atoms with van der Waals surface area (Å²) < 4.78 is 14.2. The first kappa shape index (κ1) is 36.1. The summed E-state index contributed by atoms with van der Waals surface area (Å²) in [6.07, 6.45) is 19.9. The van der Waals surface area contributed by atoms with Crippen molar-refractivity contribution in [2.24, 2.45) is 29.1 Å². The average Bonchev–Trinajstić information content (AvgIpc) is 3.68. The summed E-state index contributed by atoms with van der Waals surface area (Å²) in [4.78, 5) is 0. The number of aliphatic hydroxyl groups excluding tert-OH is 1. The Morgan fingerprint density at radius 2 is 1.52 bits per heavy atom. The fourth-order valence-electron chi connectivity index (χ4n) is 7.93. The van der Waals surface area contributed by atoms with Crippen molar-refractivity contribution in [2.45, 2.75) is 168 Å². The molecule has 4 fully saturated rings. The SMILES string of the molecule is C=C1C(=CC=C2CCC[C@@]3(C)C2CCC3C(C)C=CC(O)C2CC2)CC(O[Si](C)(C)C(C)(C)C)CC1O[Si](C)(C)C(C)(C)C. The summed E-state index contributed by atoms with van der Waals surface area (Å²) in [5.41, 5.74) is 4.49. The molecule has 0 heterocycles. The van der Waals surface area contributed by atoms with Crippen molar-refractivity contribution in [3.8, 4) is 0 Å². The van der Waals surface area contributed by atoms with E-state index in [4.69, 9.17) is 8.85 Å². The molecule has 0 bridgehead atoms. The molecule has 7 atom stereocenters. The Balaban J connectivity index is 1.57. The maximum atomic E-state index is 10.5. The molecule has 0 aromatic rings. The summed E-state index contributed by atoms with van der Waals surface area (Å²) in [6, 6.07) is 0. The van der Waals surface area contributed by atoms with Crippen molar-refractivity contribution in [2.75, 3.05) is 0 Å². The summed E-state index contributed by atoms with van der Waals surface area (Å²) in [7, 11) is -3.90. The molecule has 3 nitrogen and oxygen atoms in total. The Labute approximate surface area is 274 Å². The van der Waals surface area contributed by atoms with Gasteiger partial charge >= 0.3 is 0 Å². The van der Waals surface area contributed by atoms with Gasteiger partial charge in [-0.25, -0.2) is 0 Å². The fourth-order valence-corrected chi connectivity index (χ4v) is 10.6. The van der Waals surface area contributed by atoms with Gasteiger partial charge in [-0.05, 0) is 128 Å². The molecule has 0 saturated heterocycles. The quantitative estimate of drug-likeness (QED) is 0.201. The van der Waals surface area contributed by atoms with Gasteiger partial charge in [0.2, 0.25) is 0 Å². The first-order valence-corrected chi connectivity index (χ1v) is 23.8. The van der Waals surface area contributed by atoms with E-state index >= 15 is 0 Å². The van der Waals surface area contributed by atoms with Gasteiger partial charge in [0.1, 0.15) is 0 Å². The average molecular weight is 641 g/mol. The highest BCUT2D eigenvalue weighted by Gasteiger charge is 2.50. The molecule has 0 spiro atoms. The molecule has 4 aliphatic carbocycles. The monoisotopic (exact) mass is 640 g/mol. The minimum atomic E-state index is -1.98. The van der Waals surface area contributed by atoms with Crippen LogP contribution in [0.3, 0.4) is 0 Å². The maximum absolute atomic E-state index is 10.5. The fraction of sp³-hybridized carbons (Fsp3) is 0.795. The summed E-state index contributed by atoms with van der Waals surface area (Å²) >= 11 is 0. The van der Waals surface area contributed by atoms with Crippen molar-refractivity contribution >= 4 is 16.6 Å². The first-order chi connectivity index (χ1) is 20.2. The molecule has 4 rings (SSSR count). The van der Waals surface area contributed by atoms with Crippen molar-refractivity contribution in [1.29, 1.82) is 0 Å². The van der Waals surface area contributed by atoms with Crippen LogP contribution in [0.2, 0.25) is 36.3 Å². The molecule has 4 saturated carbocycles. The molecule has 4 aliphatic rings. The van der Waals surface area contributed by atoms with E-state index in [1.807, 2.05) is 0 Å². The molecule has 250 valence electrons. The van der Waals surface area contributed by atoms with Crippen LogP contribution in [0.1, 0.15) is 113 Å². The van der Waals surface area contributed by atoms with Crippen molar-refractivity contribution < 1.29 is 14.0 Å². The highest BCUT2D eigenvalue weighted by Crippen LogP contribution is 2.59. The predicted molar refractivity (Wildman–Crippen MR) is 194 cm³/mol. The van der Waals surface area contributed by atoms with Gasteiger partial charge < -0.3 is 14.0 Å². The molecule has 0 aliphatic heterocycles. The third-order valence-corrected chi connectivity index (χ3v) is 22.1. The number of rotatable bonds is 9. The van der Waals surface area contributed by atoms with Gasteiger partial charge in [-0.3, -0.25) is 0 Å². The summed E-state index contributed by atoms with van der Waals surface area (Å²) in [5.74, 6) is 2.35. The highest BCUT2D eigenvalue weighted by atomic mass is 28.4. The number of aliphatic hydroxyl groups is 1. The molecule has 0 amide bonds. The van der Waals surface area contributed by atoms with Crippen LogP contribution < -0.4 is 0 Å². The van der Waals surface area contributed by atoms with E-state index in [0.717, 1.165) is 12.8 Å². The third-order valence-electron chi connectivity index (χ3n) is 13.1. The van der Waals surface area contributed by atoms with Gasteiger partial charge in [-0.15, -0.1) is 0 Å². The standard InChI is InChI=1S/C39H68O3Si2/c1-27(16-23-35(40)30-18-19-30)33-21-22-34-29(15-14-24-39(33,34)9)17-20-31-25-32(41-43(10,11)37(3,4)5)26-36(28(31)2)42-44(12,13)38(6,7)8/h16-17,20,23,27,30,32-36,40H,2,14-15,18-19,21-22,24-26H2,1,3-13H3/t27?,32?,33?,34?,35?,36?,39-/m1/s1. The number of hydrogen-bond acceptors (Lipinski definition) is 3. The number of fused-ring (bicyclic) bond motifs is 1. The van der Waals surface area contributed by atoms with E-state index in [1.54, 1.807) is 5.57 Å². The zero-order chi connectivity index (χ0) is 32.9. The largest absolute Gasteiger partial charge is 0.413 e. The molecule has 5 heteroatoms. The molecule has 1 N–H and O–H groups in total. The van der Waals surface area contributed by atoms with E-state index in [9.17, 15) is 5.11 Å². The second-order valence-corrected chi connectivity index (χ2v) is 27.9. The van der Waals surface area contributed by atoms with Crippen LogP contribution in [-0.2, 0) is 8.85 Å². The molecular formula is C39H68O3Si2. The van der Waals surface area contributed by atoms with E-state index in [1.165, 1.54) is 56.1 Å². The zero-order valence-electron chi connectivity index (χ0n) is 30.7. The van der Waals surface area contributed by atoms with Gasteiger partial charge in [0.05, 0.1) is 18.3 Å². The highest BCUT2D eigenvalue weighted by molar-refractivity contribution is 6.74. The van der Waals surface area contributed by atoms with E-state index in [2.05, 4.69) is 112 Å². The molecular weight excluding hydrogens is 573 g/mol. The lowest BCUT2D eigenvalue weighted by Crippen LogP contribution is -2.49. The van der Waals surface area contributed by atoms with Gasteiger partial charge in [-0.1, -0.05) is 91.8 Å². The van der Waals surface area contributed by atoms with E-state index in [-0.39, 0.29) is 28.4 Å². The van der Waals surface area contributed by atoms with E-state index < -0.39 is 16.6 Å². The normalized spacial score (nSPS) is 34.2. The van der Waals surface area contributed by atoms with Gasteiger partial charge in [0.15, 0.2) is 16.6 Å². The minimum Gasteiger partial charge on any atom is -0.413 e. The Morgan fingerprint density at radius 1 is 0.909 bits per heavy atom. The van der Waals surface area contributed by atoms with Crippen LogP contribution in [0.4, 0.5) is 0 Å². The van der Waals surface area contributed by atoms with Gasteiger partial charge in [0.25, 0.3) is 0 Å². The van der Waals surface area contributed by atoms with Crippen molar-refractivity contribution in [3.05, 3.63) is 47.6 Å². The second kappa shape index (κ2) is 13.1.